The molecule has 2 N–H and O–H groups in total. The highest BCUT2D eigenvalue weighted by atomic mass is 127. The van der Waals surface area contributed by atoms with Crippen LogP contribution in [0.2, 0.25) is 0 Å². The third-order valence-corrected chi connectivity index (χ3v) is 6.22. The molecule has 1 saturated carbocycles. The van der Waals surface area contributed by atoms with Crippen molar-refractivity contribution in [1.82, 2.24) is 25.0 Å². The van der Waals surface area contributed by atoms with E-state index in [-0.39, 0.29) is 42.2 Å². The number of sulfonamides is 1. The number of amides is 1. The van der Waals surface area contributed by atoms with Gasteiger partial charge in [-0.1, -0.05) is 5.16 Å². The SMILES string of the molecule is CCNC(=NCC(=O)NC1CC1)N1CCN(S(=O)(=O)Cc2ccon2)CC1.I. The number of carbonyl (C=O) groups excluding carboxylic acids is 1. The van der Waals surface area contributed by atoms with Crippen molar-refractivity contribution in [2.45, 2.75) is 31.6 Å². The van der Waals surface area contributed by atoms with Crippen LogP contribution in [0.15, 0.2) is 21.8 Å². The minimum Gasteiger partial charge on any atom is -0.364 e. The predicted octanol–water partition coefficient (Wildman–Crippen LogP) is -0.0159. The van der Waals surface area contributed by atoms with Crippen molar-refractivity contribution in [3.8, 4) is 0 Å². The molecule has 0 spiro atoms. The highest BCUT2D eigenvalue weighted by molar-refractivity contribution is 14.0. The molecule has 3 rings (SSSR count). The van der Waals surface area contributed by atoms with Crippen molar-refractivity contribution in [2.75, 3.05) is 39.3 Å². The third-order valence-electron chi connectivity index (χ3n) is 4.40. The topological polar surface area (TPSA) is 120 Å². The van der Waals surface area contributed by atoms with Gasteiger partial charge in [-0.05, 0) is 19.8 Å². The molecule has 1 saturated heterocycles. The Labute approximate surface area is 182 Å². The summed E-state index contributed by atoms with van der Waals surface area (Å²) < 4.78 is 31.2. The van der Waals surface area contributed by atoms with Crippen LogP contribution in [0.1, 0.15) is 25.5 Å². The van der Waals surface area contributed by atoms with Crippen molar-refractivity contribution in [1.29, 1.82) is 0 Å². The first-order valence-electron chi connectivity index (χ1n) is 9.17. The minimum atomic E-state index is -3.44. The van der Waals surface area contributed by atoms with Crippen molar-refractivity contribution in [3.05, 3.63) is 18.0 Å². The van der Waals surface area contributed by atoms with E-state index >= 15 is 0 Å². The van der Waals surface area contributed by atoms with Gasteiger partial charge < -0.3 is 20.1 Å². The first kappa shape index (κ1) is 22.9. The predicted molar refractivity (Wildman–Crippen MR) is 115 cm³/mol. The summed E-state index contributed by atoms with van der Waals surface area (Å²) in [6.45, 7) is 4.44. The Balaban J connectivity index is 0.00000280. The van der Waals surface area contributed by atoms with Gasteiger partial charge in [-0.15, -0.1) is 24.0 Å². The first-order valence-corrected chi connectivity index (χ1v) is 10.8. The maximum absolute atomic E-state index is 12.5. The van der Waals surface area contributed by atoms with Crippen LogP contribution in [-0.2, 0) is 20.6 Å². The molecule has 158 valence electrons. The Morgan fingerprint density at radius 1 is 1.32 bits per heavy atom. The summed E-state index contributed by atoms with van der Waals surface area (Å²) in [6, 6.07) is 1.87. The van der Waals surface area contributed by atoms with E-state index in [0.29, 0.717) is 50.4 Å². The smallest absolute Gasteiger partial charge is 0.242 e. The molecule has 12 heteroatoms. The lowest BCUT2D eigenvalue weighted by molar-refractivity contribution is -0.119. The van der Waals surface area contributed by atoms with E-state index in [2.05, 4.69) is 20.8 Å². The van der Waals surface area contributed by atoms with Gasteiger partial charge in [0.2, 0.25) is 15.9 Å². The van der Waals surface area contributed by atoms with Gasteiger partial charge in [-0.25, -0.2) is 13.4 Å². The van der Waals surface area contributed by atoms with Crippen LogP contribution < -0.4 is 10.6 Å². The molecule has 0 radical (unpaired) electrons. The quantitative estimate of drug-likeness (QED) is 0.291. The molecule has 28 heavy (non-hydrogen) atoms. The fraction of sp³-hybridized carbons (Fsp3) is 0.688. The highest BCUT2D eigenvalue weighted by Crippen LogP contribution is 2.18. The molecule has 1 amide bonds. The maximum Gasteiger partial charge on any atom is 0.242 e. The van der Waals surface area contributed by atoms with Crippen LogP contribution in [0.4, 0.5) is 0 Å². The summed E-state index contributed by atoms with van der Waals surface area (Å²) in [5.74, 6) is 0.387. The number of hydrogen-bond donors (Lipinski definition) is 2. The second-order valence-corrected chi connectivity index (χ2v) is 8.61. The molecule has 1 aliphatic carbocycles. The van der Waals surface area contributed by atoms with E-state index in [0.717, 1.165) is 12.8 Å². The molecular formula is C16H27IN6O4S. The largest absolute Gasteiger partial charge is 0.364 e. The van der Waals surface area contributed by atoms with E-state index in [4.69, 9.17) is 4.52 Å². The van der Waals surface area contributed by atoms with E-state index in [1.54, 1.807) is 6.07 Å². The normalized spacial score (nSPS) is 18.5. The fourth-order valence-electron chi connectivity index (χ4n) is 2.84. The number of nitrogens with one attached hydrogen (secondary N) is 2. The zero-order chi connectivity index (χ0) is 19.3. The van der Waals surface area contributed by atoms with Gasteiger partial charge in [0.05, 0.1) is 5.69 Å². The van der Waals surface area contributed by atoms with Crippen LogP contribution in [0, 0.1) is 0 Å². The molecule has 1 aromatic heterocycles. The lowest BCUT2D eigenvalue weighted by Gasteiger charge is -2.35. The monoisotopic (exact) mass is 526 g/mol. The number of piperazine rings is 1. The Morgan fingerprint density at radius 3 is 2.61 bits per heavy atom. The van der Waals surface area contributed by atoms with Gasteiger partial charge in [-0.3, -0.25) is 4.79 Å². The molecule has 0 atom stereocenters. The zero-order valence-electron chi connectivity index (χ0n) is 15.8. The van der Waals surface area contributed by atoms with Gasteiger partial charge in [0, 0.05) is 44.8 Å². The highest BCUT2D eigenvalue weighted by Gasteiger charge is 2.29. The van der Waals surface area contributed by atoms with Gasteiger partial charge in [0.25, 0.3) is 0 Å². The fourth-order valence-corrected chi connectivity index (χ4v) is 4.27. The summed E-state index contributed by atoms with van der Waals surface area (Å²) in [6.07, 6.45) is 3.45. The molecule has 1 aromatic rings. The maximum atomic E-state index is 12.5. The van der Waals surface area contributed by atoms with Crippen LogP contribution >= 0.6 is 24.0 Å². The van der Waals surface area contributed by atoms with Gasteiger partial charge in [-0.2, -0.15) is 4.31 Å². The third kappa shape index (κ3) is 6.58. The number of hydrogen-bond acceptors (Lipinski definition) is 6. The number of rotatable bonds is 7. The van der Waals surface area contributed by atoms with E-state index in [1.165, 1.54) is 10.6 Å². The number of halogens is 1. The molecular weight excluding hydrogens is 499 g/mol. The second kappa shape index (κ2) is 10.4. The molecule has 0 bridgehead atoms. The molecule has 2 fully saturated rings. The van der Waals surface area contributed by atoms with Crippen LogP contribution in [0.25, 0.3) is 0 Å². The van der Waals surface area contributed by atoms with Gasteiger partial charge in [0.1, 0.15) is 18.6 Å². The van der Waals surface area contributed by atoms with Gasteiger partial charge >= 0.3 is 0 Å². The number of nitrogens with zero attached hydrogens (tertiary/aromatic N) is 4. The number of aromatic nitrogens is 1. The Hall–Kier alpha value is -1.41. The summed E-state index contributed by atoms with van der Waals surface area (Å²) in [5.41, 5.74) is 0.397. The Morgan fingerprint density at radius 2 is 2.04 bits per heavy atom. The van der Waals surface area contributed by atoms with Crippen molar-refractivity contribution in [3.63, 3.8) is 0 Å². The molecule has 2 aliphatic rings. The van der Waals surface area contributed by atoms with E-state index in [9.17, 15) is 13.2 Å². The minimum absolute atomic E-state index is 0. The second-order valence-electron chi connectivity index (χ2n) is 6.65. The molecule has 0 aromatic carbocycles. The molecule has 10 nitrogen and oxygen atoms in total. The lowest BCUT2D eigenvalue weighted by Crippen LogP contribution is -2.54. The van der Waals surface area contributed by atoms with Gasteiger partial charge in [0.15, 0.2) is 5.96 Å². The number of aliphatic imine (C=N–C) groups is 1. The Kier molecular flexibility index (Phi) is 8.49. The van der Waals surface area contributed by atoms with Crippen LogP contribution in [-0.4, -0.2) is 80.0 Å². The van der Waals surface area contributed by atoms with Crippen LogP contribution in [0.5, 0.6) is 0 Å². The van der Waals surface area contributed by atoms with Crippen molar-refractivity contribution >= 4 is 45.9 Å². The van der Waals surface area contributed by atoms with Crippen LogP contribution in [0.3, 0.4) is 0 Å². The molecule has 0 unspecified atom stereocenters. The van der Waals surface area contributed by atoms with Crippen molar-refractivity contribution < 1.29 is 17.7 Å². The number of guanidine groups is 1. The first-order chi connectivity index (χ1) is 13.0. The molecule has 2 heterocycles. The average Bonchev–Trinajstić information content (AvgIpc) is 3.31. The standard InChI is InChI=1S/C16H26N6O4S.HI/c1-2-17-16(18-11-15(23)19-13-3-4-13)21-6-8-22(9-7-21)27(24,25)12-14-5-10-26-20-14;/h5,10,13H,2-4,6-9,11-12H2,1H3,(H,17,18)(H,19,23);1H. The summed E-state index contributed by atoms with van der Waals surface area (Å²) in [4.78, 5) is 18.2. The summed E-state index contributed by atoms with van der Waals surface area (Å²) >= 11 is 0. The average molecular weight is 526 g/mol. The summed E-state index contributed by atoms with van der Waals surface area (Å²) in [7, 11) is -3.44. The van der Waals surface area contributed by atoms with E-state index in [1.807, 2.05) is 11.8 Å². The Bertz CT molecular complexity index is 758. The number of carbonyl (C=O) groups is 1. The molecule has 1 aliphatic heterocycles. The summed E-state index contributed by atoms with van der Waals surface area (Å²) in [5, 5.41) is 9.75. The van der Waals surface area contributed by atoms with E-state index < -0.39 is 10.0 Å². The zero-order valence-corrected chi connectivity index (χ0v) is 19.0. The lowest BCUT2D eigenvalue weighted by atomic mass is 10.4. The van der Waals surface area contributed by atoms with Crippen molar-refractivity contribution in [2.24, 2.45) is 4.99 Å².